The largest absolute Gasteiger partial charge is 0.497 e. The third-order valence-electron chi connectivity index (χ3n) is 5.10. The standard InChI is InChI=1S/C23H21F3N2O5S/c1-14-12-15(2)28(13-20(29)27-19-7-5-4-6-18(19)23(24,25)26)22(30)21(14)34(31,32)17-10-8-16(33-3)9-11-17/h4-12H,13H2,1-3H3,(H,27,29). The predicted octanol–water partition coefficient (Wildman–Crippen LogP) is 3.96. The van der Waals surface area contributed by atoms with E-state index in [1.807, 2.05) is 0 Å². The number of carbonyl (C=O) groups is 1. The summed E-state index contributed by atoms with van der Waals surface area (Å²) < 4.78 is 71.9. The summed E-state index contributed by atoms with van der Waals surface area (Å²) in [6.07, 6.45) is -4.69. The lowest BCUT2D eigenvalue weighted by molar-refractivity contribution is -0.137. The Labute approximate surface area is 193 Å². The number of halogens is 3. The molecule has 11 heteroatoms. The molecule has 0 bridgehead atoms. The van der Waals surface area contributed by atoms with Gasteiger partial charge in [0.15, 0.2) is 0 Å². The van der Waals surface area contributed by atoms with Gasteiger partial charge in [-0.15, -0.1) is 0 Å². The second-order valence-electron chi connectivity index (χ2n) is 7.46. The van der Waals surface area contributed by atoms with Crippen molar-refractivity contribution >= 4 is 21.4 Å². The van der Waals surface area contributed by atoms with Crippen molar-refractivity contribution in [2.45, 2.75) is 36.4 Å². The number of ether oxygens (including phenoxy) is 1. The van der Waals surface area contributed by atoms with Gasteiger partial charge in [0.2, 0.25) is 15.7 Å². The molecule has 1 N–H and O–H groups in total. The fourth-order valence-electron chi connectivity index (χ4n) is 3.48. The molecule has 2 aromatic carbocycles. The monoisotopic (exact) mass is 494 g/mol. The molecule has 0 aliphatic heterocycles. The molecule has 0 saturated carbocycles. The molecule has 3 aromatic rings. The summed E-state index contributed by atoms with van der Waals surface area (Å²) in [4.78, 5) is 25.0. The Morgan fingerprint density at radius 1 is 1.06 bits per heavy atom. The van der Waals surface area contributed by atoms with Gasteiger partial charge >= 0.3 is 6.18 Å². The van der Waals surface area contributed by atoms with E-state index in [-0.39, 0.29) is 16.2 Å². The van der Waals surface area contributed by atoms with Gasteiger partial charge in [-0.05, 0) is 61.9 Å². The average Bonchev–Trinajstić information content (AvgIpc) is 2.76. The van der Waals surface area contributed by atoms with E-state index in [4.69, 9.17) is 4.74 Å². The molecule has 0 unspecified atom stereocenters. The molecule has 0 fully saturated rings. The fraction of sp³-hybridized carbons (Fsp3) is 0.217. The Kier molecular flexibility index (Phi) is 6.87. The molecule has 0 spiro atoms. The number of hydrogen-bond donors (Lipinski definition) is 1. The molecule has 34 heavy (non-hydrogen) atoms. The Morgan fingerprint density at radius 2 is 1.68 bits per heavy atom. The van der Waals surface area contributed by atoms with E-state index in [0.717, 1.165) is 16.7 Å². The topological polar surface area (TPSA) is 94.5 Å². The van der Waals surface area contributed by atoms with E-state index in [2.05, 4.69) is 5.32 Å². The molecular formula is C23H21F3N2O5S. The number of aromatic nitrogens is 1. The molecule has 1 aromatic heterocycles. The van der Waals surface area contributed by atoms with Crippen molar-refractivity contribution in [2.24, 2.45) is 0 Å². The molecule has 0 atom stereocenters. The van der Waals surface area contributed by atoms with Crippen LogP contribution < -0.4 is 15.6 Å². The number of para-hydroxylation sites is 1. The maximum atomic E-state index is 13.2. The van der Waals surface area contributed by atoms with Gasteiger partial charge in [-0.1, -0.05) is 12.1 Å². The number of aryl methyl sites for hydroxylation is 2. The summed E-state index contributed by atoms with van der Waals surface area (Å²) >= 11 is 0. The number of hydrogen-bond acceptors (Lipinski definition) is 5. The summed E-state index contributed by atoms with van der Waals surface area (Å²) in [5.41, 5.74) is -2.01. The number of nitrogens with zero attached hydrogens (tertiary/aromatic N) is 1. The van der Waals surface area contributed by atoms with E-state index in [1.165, 1.54) is 63.4 Å². The van der Waals surface area contributed by atoms with Crippen molar-refractivity contribution in [3.05, 3.63) is 81.8 Å². The highest BCUT2D eigenvalue weighted by atomic mass is 32.2. The van der Waals surface area contributed by atoms with Crippen LogP contribution in [-0.4, -0.2) is 26.0 Å². The Balaban J connectivity index is 1.99. The SMILES string of the molecule is COc1ccc(S(=O)(=O)c2c(C)cc(C)n(CC(=O)Nc3ccccc3C(F)(F)F)c2=O)cc1. The Bertz CT molecular complexity index is 1400. The molecule has 1 heterocycles. The van der Waals surface area contributed by atoms with Crippen LogP contribution in [0.3, 0.4) is 0 Å². The first-order valence-electron chi connectivity index (χ1n) is 9.92. The van der Waals surface area contributed by atoms with Gasteiger partial charge in [0, 0.05) is 5.69 Å². The lowest BCUT2D eigenvalue weighted by Crippen LogP contribution is -2.33. The van der Waals surface area contributed by atoms with Crippen molar-refractivity contribution < 1.29 is 31.1 Å². The second-order valence-corrected chi connectivity index (χ2v) is 9.35. The van der Waals surface area contributed by atoms with Crippen molar-refractivity contribution in [3.8, 4) is 5.75 Å². The lowest BCUT2D eigenvalue weighted by Gasteiger charge is -2.16. The first kappa shape index (κ1) is 25.0. The van der Waals surface area contributed by atoms with Crippen LogP contribution in [0.1, 0.15) is 16.8 Å². The van der Waals surface area contributed by atoms with Crippen molar-refractivity contribution in [1.82, 2.24) is 4.57 Å². The van der Waals surface area contributed by atoms with E-state index in [0.29, 0.717) is 5.75 Å². The summed E-state index contributed by atoms with van der Waals surface area (Å²) in [5.74, 6) is -0.494. The minimum atomic E-state index is -4.69. The highest BCUT2D eigenvalue weighted by molar-refractivity contribution is 7.91. The molecule has 0 radical (unpaired) electrons. The van der Waals surface area contributed by atoms with Crippen LogP contribution in [0.5, 0.6) is 5.75 Å². The number of carbonyl (C=O) groups excluding carboxylic acids is 1. The molecule has 0 aliphatic carbocycles. The number of pyridine rings is 1. The van der Waals surface area contributed by atoms with Crippen LogP contribution in [0.25, 0.3) is 0 Å². The predicted molar refractivity (Wildman–Crippen MR) is 119 cm³/mol. The number of rotatable bonds is 6. The highest BCUT2D eigenvalue weighted by Crippen LogP contribution is 2.34. The van der Waals surface area contributed by atoms with Crippen molar-refractivity contribution in [1.29, 1.82) is 0 Å². The Morgan fingerprint density at radius 3 is 2.26 bits per heavy atom. The number of alkyl halides is 3. The minimum Gasteiger partial charge on any atom is -0.497 e. The van der Waals surface area contributed by atoms with E-state index < -0.39 is 50.2 Å². The van der Waals surface area contributed by atoms with Gasteiger partial charge in [-0.2, -0.15) is 13.2 Å². The van der Waals surface area contributed by atoms with Crippen LogP contribution in [0.15, 0.2) is 69.2 Å². The van der Waals surface area contributed by atoms with Crippen LogP contribution in [-0.2, 0) is 27.4 Å². The van der Waals surface area contributed by atoms with Crippen molar-refractivity contribution in [3.63, 3.8) is 0 Å². The van der Waals surface area contributed by atoms with Gasteiger partial charge in [0.25, 0.3) is 5.56 Å². The molecule has 3 rings (SSSR count). The van der Waals surface area contributed by atoms with Gasteiger partial charge in [-0.3, -0.25) is 9.59 Å². The van der Waals surface area contributed by atoms with Gasteiger partial charge in [0.05, 0.1) is 23.3 Å². The number of amides is 1. The quantitative estimate of drug-likeness (QED) is 0.560. The summed E-state index contributed by atoms with van der Waals surface area (Å²) in [7, 11) is -2.83. The first-order valence-corrected chi connectivity index (χ1v) is 11.4. The van der Waals surface area contributed by atoms with Crippen LogP contribution in [0.4, 0.5) is 18.9 Å². The third-order valence-corrected chi connectivity index (χ3v) is 7.02. The number of sulfone groups is 1. The maximum absolute atomic E-state index is 13.2. The minimum absolute atomic E-state index is 0.146. The number of anilines is 1. The fourth-order valence-corrected chi connectivity index (χ4v) is 5.03. The summed E-state index contributed by atoms with van der Waals surface area (Å²) in [6.45, 7) is 2.27. The molecule has 0 saturated heterocycles. The maximum Gasteiger partial charge on any atom is 0.418 e. The van der Waals surface area contributed by atoms with E-state index in [9.17, 15) is 31.2 Å². The Hall–Kier alpha value is -3.60. The van der Waals surface area contributed by atoms with Gasteiger partial charge in [0.1, 0.15) is 17.2 Å². The summed E-state index contributed by atoms with van der Waals surface area (Å²) in [6, 6.07) is 11.3. The van der Waals surface area contributed by atoms with Crippen LogP contribution in [0, 0.1) is 13.8 Å². The van der Waals surface area contributed by atoms with Gasteiger partial charge in [-0.25, -0.2) is 8.42 Å². The average molecular weight is 494 g/mol. The van der Waals surface area contributed by atoms with Crippen LogP contribution >= 0.6 is 0 Å². The van der Waals surface area contributed by atoms with Crippen molar-refractivity contribution in [2.75, 3.05) is 12.4 Å². The zero-order valence-electron chi connectivity index (χ0n) is 18.4. The van der Waals surface area contributed by atoms with Gasteiger partial charge < -0.3 is 14.6 Å². The third kappa shape index (κ3) is 4.98. The molecular weight excluding hydrogens is 473 g/mol. The molecule has 7 nitrogen and oxygen atoms in total. The molecule has 0 aliphatic rings. The molecule has 1 amide bonds. The number of benzene rings is 2. The van der Waals surface area contributed by atoms with E-state index >= 15 is 0 Å². The zero-order valence-corrected chi connectivity index (χ0v) is 19.3. The highest BCUT2D eigenvalue weighted by Gasteiger charge is 2.33. The lowest BCUT2D eigenvalue weighted by atomic mass is 10.1. The smallest absolute Gasteiger partial charge is 0.418 e. The zero-order chi connectivity index (χ0) is 25.3. The van der Waals surface area contributed by atoms with E-state index in [1.54, 1.807) is 0 Å². The summed E-state index contributed by atoms with van der Waals surface area (Å²) in [5, 5.41) is 2.16. The molecule has 180 valence electrons. The first-order chi connectivity index (χ1) is 15.9. The second kappa shape index (κ2) is 9.34. The van der Waals surface area contributed by atoms with Crippen LogP contribution in [0.2, 0.25) is 0 Å². The number of methoxy groups -OCH3 is 1. The normalized spacial score (nSPS) is 11.8. The number of nitrogens with one attached hydrogen (secondary N) is 1.